The molecule has 0 saturated carbocycles. The van der Waals surface area contributed by atoms with Gasteiger partial charge in [-0.3, -0.25) is 0 Å². The van der Waals surface area contributed by atoms with E-state index < -0.39 is 0 Å². The zero-order valence-corrected chi connectivity index (χ0v) is 16.5. The van der Waals surface area contributed by atoms with Crippen molar-refractivity contribution < 1.29 is 18.9 Å². The topological polar surface area (TPSA) is 36.9 Å². The van der Waals surface area contributed by atoms with Gasteiger partial charge >= 0.3 is 0 Å². The second kappa shape index (κ2) is 11.2. The quantitative estimate of drug-likeness (QED) is 0.323. The largest absolute Gasteiger partial charge is 0.467 e. The Balaban J connectivity index is 2.41. The summed E-state index contributed by atoms with van der Waals surface area (Å²) in [5, 5.41) is 0. The van der Waals surface area contributed by atoms with Crippen LogP contribution in [0.25, 0.3) is 12.2 Å². The summed E-state index contributed by atoms with van der Waals surface area (Å²) in [5.41, 5.74) is 4.32. The van der Waals surface area contributed by atoms with Gasteiger partial charge in [0, 0.05) is 19.8 Å². The molecule has 0 aliphatic carbocycles. The second-order valence-corrected chi connectivity index (χ2v) is 6.33. The van der Waals surface area contributed by atoms with Crippen LogP contribution in [0.5, 0.6) is 11.5 Å². The lowest BCUT2D eigenvalue weighted by Gasteiger charge is -2.16. The van der Waals surface area contributed by atoms with E-state index in [1.165, 1.54) is 5.57 Å². The number of ether oxygens (including phenoxy) is 4. The predicted octanol–water partition coefficient (Wildman–Crippen LogP) is 5.33. The summed E-state index contributed by atoms with van der Waals surface area (Å²) >= 11 is 0. The number of hydrogen-bond donors (Lipinski definition) is 0. The summed E-state index contributed by atoms with van der Waals surface area (Å²) in [5.74, 6) is 1.49. The standard InChI is InChI=1S/C23H28O4/c1-18(2)10-13-21-22(26-16-24-3)14-20(15-23(21)27-17-25-4)12-11-19-8-6-5-7-9-19/h5-12,14-15H,13,16-17H2,1-4H3/b12-11+. The molecule has 0 fully saturated rings. The maximum atomic E-state index is 5.83. The van der Waals surface area contributed by atoms with E-state index in [1.54, 1.807) is 14.2 Å². The monoisotopic (exact) mass is 368 g/mol. The van der Waals surface area contributed by atoms with Crippen LogP contribution >= 0.6 is 0 Å². The van der Waals surface area contributed by atoms with Crippen molar-refractivity contribution in [1.29, 1.82) is 0 Å². The minimum Gasteiger partial charge on any atom is -0.467 e. The zero-order chi connectivity index (χ0) is 19.5. The Morgan fingerprint density at radius 1 is 0.815 bits per heavy atom. The first-order valence-corrected chi connectivity index (χ1v) is 8.91. The molecule has 0 bridgehead atoms. The van der Waals surface area contributed by atoms with E-state index in [1.807, 2.05) is 36.4 Å². The van der Waals surface area contributed by atoms with Crippen molar-refractivity contribution in [3.63, 3.8) is 0 Å². The summed E-state index contributed by atoms with van der Waals surface area (Å²) < 4.78 is 21.8. The Morgan fingerprint density at radius 2 is 1.37 bits per heavy atom. The third kappa shape index (κ3) is 6.93. The molecule has 4 heteroatoms. The van der Waals surface area contributed by atoms with Gasteiger partial charge in [-0.25, -0.2) is 0 Å². The second-order valence-electron chi connectivity index (χ2n) is 6.33. The van der Waals surface area contributed by atoms with Crippen molar-refractivity contribution in [3.8, 4) is 11.5 Å². The van der Waals surface area contributed by atoms with Crippen LogP contribution in [-0.4, -0.2) is 27.8 Å². The molecule has 0 radical (unpaired) electrons. The van der Waals surface area contributed by atoms with Crippen LogP contribution in [-0.2, 0) is 15.9 Å². The van der Waals surface area contributed by atoms with E-state index in [4.69, 9.17) is 18.9 Å². The Morgan fingerprint density at radius 3 is 1.89 bits per heavy atom. The summed E-state index contributed by atoms with van der Waals surface area (Å²) in [6.45, 7) is 4.50. The van der Waals surface area contributed by atoms with Crippen molar-refractivity contribution >= 4 is 12.2 Å². The fourth-order valence-electron chi connectivity index (χ4n) is 2.50. The molecule has 2 aromatic carbocycles. The molecule has 2 aromatic rings. The lowest BCUT2D eigenvalue weighted by atomic mass is 10.0. The highest BCUT2D eigenvalue weighted by Crippen LogP contribution is 2.33. The first-order valence-electron chi connectivity index (χ1n) is 8.91. The van der Waals surface area contributed by atoms with Gasteiger partial charge in [-0.15, -0.1) is 0 Å². The molecular weight excluding hydrogens is 340 g/mol. The van der Waals surface area contributed by atoms with Crippen molar-refractivity contribution in [1.82, 2.24) is 0 Å². The Hall–Kier alpha value is -2.56. The summed E-state index contributed by atoms with van der Waals surface area (Å²) in [4.78, 5) is 0. The van der Waals surface area contributed by atoms with Crippen LogP contribution in [0.3, 0.4) is 0 Å². The van der Waals surface area contributed by atoms with Crippen LogP contribution in [0, 0.1) is 0 Å². The van der Waals surface area contributed by atoms with Crippen molar-refractivity contribution in [2.24, 2.45) is 0 Å². The molecule has 2 rings (SSSR count). The molecule has 0 aliphatic heterocycles. The summed E-state index contributed by atoms with van der Waals surface area (Å²) in [6, 6.07) is 14.2. The van der Waals surface area contributed by atoms with Gasteiger partial charge in [0.1, 0.15) is 11.5 Å². The van der Waals surface area contributed by atoms with E-state index in [9.17, 15) is 0 Å². The average Bonchev–Trinajstić information content (AvgIpc) is 2.68. The molecule has 0 atom stereocenters. The van der Waals surface area contributed by atoms with Gasteiger partial charge in [-0.1, -0.05) is 54.1 Å². The van der Waals surface area contributed by atoms with Gasteiger partial charge in [0.05, 0.1) is 0 Å². The molecular formula is C23H28O4. The van der Waals surface area contributed by atoms with Gasteiger partial charge < -0.3 is 18.9 Å². The maximum Gasteiger partial charge on any atom is 0.188 e. The first-order chi connectivity index (χ1) is 13.1. The predicted molar refractivity (Wildman–Crippen MR) is 110 cm³/mol. The average molecular weight is 368 g/mol. The molecule has 0 unspecified atom stereocenters. The van der Waals surface area contributed by atoms with E-state index in [0.29, 0.717) is 6.42 Å². The number of allylic oxidation sites excluding steroid dienone is 2. The fraction of sp³-hybridized carbons (Fsp3) is 0.304. The lowest BCUT2D eigenvalue weighted by Crippen LogP contribution is -2.06. The van der Waals surface area contributed by atoms with Gasteiger partial charge in [0.15, 0.2) is 13.6 Å². The van der Waals surface area contributed by atoms with E-state index in [0.717, 1.165) is 28.2 Å². The summed E-state index contributed by atoms with van der Waals surface area (Å²) in [6.07, 6.45) is 6.96. The minimum absolute atomic E-state index is 0.178. The highest BCUT2D eigenvalue weighted by molar-refractivity contribution is 5.72. The Labute approximate surface area is 162 Å². The molecule has 0 heterocycles. The lowest BCUT2D eigenvalue weighted by molar-refractivity contribution is 0.0448. The third-order valence-electron chi connectivity index (χ3n) is 3.84. The molecule has 144 valence electrons. The number of methoxy groups -OCH3 is 2. The third-order valence-corrected chi connectivity index (χ3v) is 3.84. The van der Waals surface area contributed by atoms with Crippen molar-refractivity contribution in [2.75, 3.05) is 27.8 Å². The Kier molecular flexibility index (Phi) is 8.62. The van der Waals surface area contributed by atoms with Gasteiger partial charge in [0.2, 0.25) is 0 Å². The van der Waals surface area contributed by atoms with Gasteiger partial charge in [-0.2, -0.15) is 0 Å². The van der Waals surface area contributed by atoms with Crippen molar-refractivity contribution in [3.05, 3.63) is 70.8 Å². The van der Waals surface area contributed by atoms with Gasteiger partial charge in [0.25, 0.3) is 0 Å². The fourth-order valence-corrected chi connectivity index (χ4v) is 2.50. The molecule has 0 saturated heterocycles. The molecule has 0 N–H and O–H groups in total. The number of hydrogen-bond acceptors (Lipinski definition) is 4. The van der Waals surface area contributed by atoms with Crippen LogP contribution in [0.15, 0.2) is 54.1 Å². The van der Waals surface area contributed by atoms with Crippen LogP contribution in [0.4, 0.5) is 0 Å². The molecule has 0 amide bonds. The first kappa shape index (κ1) is 20.7. The number of rotatable bonds is 10. The van der Waals surface area contributed by atoms with E-state index >= 15 is 0 Å². The highest BCUT2D eigenvalue weighted by Gasteiger charge is 2.13. The molecule has 27 heavy (non-hydrogen) atoms. The molecule has 0 spiro atoms. The van der Waals surface area contributed by atoms with E-state index in [2.05, 4.69) is 38.1 Å². The maximum absolute atomic E-state index is 5.83. The molecule has 0 aromatic heterocycles. The minimum atomic E-state index is 0.178. The number of benzene rings is 2. The summed E-state index contributed by atoms with van der Waals surface area (Å²) in [7, 11) is 3.22. The SMILES string of the molecule is COCOc1cc(/C=C/c2ccccc2)cc(OCOC)c1CC=C(C)C. The zero-order valence-electron chi connectivity index (χ0n) is 16.5. The molecule has 4 nitrogen and oxygen atoms in total. The molecule has 0 aliphatic rings. The highest BCUT2D eigenvalue weighted by atomic mass is 16.7. The van der Waals surface area contributed by atoms with E-state index in [-0.39, 0.29) is 13.6 Å². The smallest absolute Gasteiger partial charge is 0.188 e. The van der Waals surface area contributed by atoms with Crippen molar-refractivity contribution in [2.45, 2.75) is 20.3 Å². The van der Waals surface area contributed by atoms with Crippen LogP contribution in [0.1, 0.15) is 30.5 Å². The van der Waals surface area contributed by atoms with Crippen LogP contribution < -0.4 is 9.47 Å². The normalized spacial score (nSPS) is 10.8. The van der Waals surface area contributed by atoms with Gasteiger partial charge in [-0.05, 0) is 43.5 Å². The Bertz CT molecular complexity index is 730. The van der Waals surface area contributed by atoms with Crippen LogP contribution in [0.2, 0.25) is 0 Å².